The molecule has 0 saturated carbocycles. The summed E-state index contributed by atoms with van der Waals surface area (Å²) in [6, 6.07) is 5.27. The number of carbonyl (C=O) groups excluding carboxylic acids is 1. The molecule has 0 aliphatic rings. The molecule has 1 aromatic rings. The Balaban J connectivity index is 2.55. The third kappa shape index (κ3) is 4.57. The van der Waals surface area contributed by atoms with Gasteiger partial charge in [-0.2, -0.15) is 0 Å². The summed E-state index contributed by atoms with van der Waals surface area (Å²) in [6.07, 6.45) is 1.68. The molecule has 4 heteroatoms. The summed E-state index contributed by atoms with van der Waals surface area (Å²) in [7, 11) is 0. The number of urea groups is 1. The van der Waals surface area contributed by atoms with E-state index in [9.17, 15) is 9.18 Å². The fourth-order valence-corrected chi connectivity index (χ4v) is 1.09. The first-order valence-corrected chi connectivity index (χ1v) is 5.79. The lowest BCUT2D eigenvalue weighted by molar-refractivity contribution is 0.255. The maximum absolute atomic E-state index is 12.7. The normalized spacial score (nSPS) is 12.2. The minimum absolute atomic E-state index is 0.0170. The molecule has 98 valence electrons. The van der Waals surface area contributed by atoms with Crippen LogP contribution in [0.15, 0.2) is 36.0 Å². The fourth-order valence-electron chi connectivity index (χ4n) is 1.09. The lowest BCUT2D eigenvalue weighted by Crippen LogP contribution is -2.25. The topological polar surface area (TPSA) is 41.1 Å². The lowest BCUT2D eigenvalue weighted by Gasteiger charge is -2.19. The zero-order valence-corrected chi connectivity index (χ0v) is 11.2. The van der Waals surface area contributed by atoms with Gasteiger partial charge < -0.3 is 10.6 Å². The van der Waals surface area contributed by atoms with Gasteiger partial charge in [-0.25, -0.2) is 9.18 Å². The molecule has 1 rings (SSSR count). The number of carbonyl (C=O) groups is 1. The van der Waals surface area contributed by atoms with Gasteiger partial charge in [0.15, 0.2) is 0 Å². The summed E-state index contributed by atoms with van der Waals surface area (Å²) in [5, 5.41) is 5.26. The third-order valence-corrected chi connectivity index (χ3v) is 2.70. The highest BCUT2D eigenvalue weighted by atomic mass is 19.1. The highest BCUT2D eigenvalue weighted by Gasteiger charge is 2.12. The number of allylic oxidation sites excluding steroid dienone is 1. The van der Waals surface area contributed by atoms with Crippen molar-refractivity contribution in [1.29, 1.82) is 0 Å². The molecule has 1 aromatic carbocycles. The van der Waals surface area contributed by atoms with Gasteiger partial charge in [0.25, 0.3) is 0 Å². The molecule has 0 heterocycles. The fraction of sp³-hybridized carbons (Fsp3) is 0.357. The van der Waals surface area contributed by atoms with Gasteiger partial charge >= 0.3 is 6.03 Å². The highest BCUT2D eigenvalue weighted by Crippen LogP contribution is 2.23. The van der Waals surface area contributed by atoms with Crippen LogP contribution in [0.3, 0.4) is 0 Å². The molecule has 0 spiro atoms. The largest absolute Gasteiger partial charge is 0.323 e. The van der Waals surface area contributed by atoms with Crippen molar-refractivity contribution in [3.8, 4) is 0 Å². The second kappa shape index (κ2) is 5.67. The molecule has 0 aliphatic heterocycles. The van der Waals surface area contributed by atoms with Gasteiger partial charge in [0.2, 0.25) is 0 Å². The Labute approximate surface area is 107 Å². The van der Waals surface area contributed by atoms with Crippen LogP contribution in [0.2, 0.25) is 0 Å². The molecular weight excluding hydrogens is 231 g/mol. The number of hydrogen-bond donors (Lipinski definition) is 2. The van der Waals surface area contributed by atoms with E-state index in [2.05, 4.69) is 31.4 Å². The van der Waals surface area contributed by atoms with Crippen LogP contribution in [0.1, 0.15) is 27.7 Å². The van der Waals surface area contributed by atoms with E-state index in [4.69, 9.17) is 0 Å². The number of hydrogen-bond acceptors (Lipinski definition) is 1. The van der Waals surface area contributed by atoms with Crippen molar-refractivity contribution in [2.45, 2.75) is 27.7 Å². The van der Waals surface area contributed by atoms with Crippen molar-refractivity contribution >= 4 is 11.7 Å². The van der Waals surface area contributed by atoms with Gasteiger partial charge in [-0.3, -0.25) is 0 Å². The second-order valence-electron chi connectivity index (χ2n) is 5.18. The molecule has 2 amide bonds. The van der Waals surface area contributed by atoms with Crippen molar-refractivity contribution in [3.63, 3.8) is 0 Å². The van der Waals surface area contributed by atoms with Crippen molar-refractivity contribution in [2.24, 2.45) is 5.41 Å². The Bertz CT molecular complexity index is 444. The van der Waals surface area contributed by atoms with Crippen molar-refractivity contribution < 1.29 is 9.18 Å². The first-order valence-electron chi connectivity index (χ1n) is 5.79. The van der Waals surface area contributed by atoms with E-state index in [0.717, 1.165) is 5.57 Å². The highest BCUT2D eigenvalue weighted by molar-refractivity contribution is 5.89. The predicted molar refractivity (Wildman–Crippen MR) is 71.8 cm³/mol. The molecule has 18 heavy (non-hydrogen) atoms. The third-order valence-electron chi connectivity index (χ3n) is 2.70. The van der Waals surface area contributed by atoms with Gasteiger partial charge in [0, 0.05) is 11.9 Å². The summed E-state index contributed by atoms with van der Waals surface area (Å²) in [6.45, 7) is 8.16. The zero-order valence-electron chi connectivity index (χ0n) is 11.2. The van der Waals surface area contributed by atoms with Crippen LogP contribution < -0.4 is 10.6 Å². The van der Waals surface area contributed by atoms with Gasteiger partial charge in [0.05, 0.1) is 0 Å². The summed E-state index contributed by atoms with van der Waals surface area (Å²) < 4.78 is 12.7. The van der Waals surface area contributed by atoms with Crippen LogP contribution in [0.5, 0.6) is 0 Å². The van der Waals surface area contributed by atoms with E-state index < -0.39 is 0 Å². The van der Waals surface area contributed by atoms with Gasteiger partial charge in [-0.15, -0.1) is 0 Å². The van der Waals surface area contributed by atoms with E-state index in [-0.39, 0.29) is 17.3 Å². The molecule has 2 N–H and O–H groups in total. The average Bonchev–Trinajstić information content (AvgIpc) is 2.28. The average molecular weight is 250 g/mol. The minimum atomic E-state index is -0.342. The van der Waals surface area contributed by atoms with Gasteiger partial charge in [-0.1, -0.05) is 26.3 Å². The van der Waals surface area contributed by atoms with Crippen LogP contribution >= 0.6 is 0 Å². The number of amides is 2. The Morgan fingerprint density at radius 2 is 1.78 bits per heavy atom. The molecule has 0 aromatic heterocycles. The van der Waals surface area contributed by atoms with E-state index in [1.807, 2.05) is 6.92 Å². The number of rotatable bonds is 2. The molecule has 0 bridgehead atoms. The van der Waals surface area contributed by atoms with Gasteiger partial charge in [-0.05, 0) is 36.6 Å². The summed E-state index contributed by atoms with van der Waals surface area (Å²) >= 11 is 0. The molecule has 3 nitrogen and oxygen atoms in total. The Kier molecular flexibility index (Phi) is 4.48. The molecule has 0 atom stereocenters. The molecule has 0 saturated heterocycles. The first kappa shape index (κ1) is 14.2. The number of benzene rings is 1. The second-order valence-corrected chi connectivity index (χ2v) is 5.18. The number of nitrogens with one attached hydrogen (secondary N) is 2. The van der Waals surface area contributed by atoms with E-state index in [1.54, 1.807) is 6.20 Å². The SMILES string of the molecule is C/C(=C\NC(=O)Nc1ccc(F)cc1)C(C)(C)C. The minimum Gasteiger partial charge on any atom is -0.314 e. The predicted octanol–water partition coefficient (Wildman–Crippen LogP) is 3.90. The zero-order chi connectivity index (χ0) is 13.8. The number of halogens is 1. The van der Waals surface area contributed by atoms with Gasteiger partial charge in [0.1, 0.15) is 5.82 Å². The van der Waals surface area contributed by atoms with Crippen molar-refractivity contribution in [3.05, 3.63) is 41.9 Å². The van der Waals surface area contributed by atoms with E-state index in [0.29, 0.717) is 5.69 Å². The van der Waals surface area contributed by atoms with Crippen LogP contribution in [0, 0.1) is 11.2 Å². The van der Waals surface area contributed by atoms with Crippen molar-refractivity contribution in [2.75, 3.05) is 5.32 Å². The molecule has 0 unspecified atom stereocenters. The number of anilines is 1. The van der Waals surface area contributed by atoms with Crippen LogP contribution in [-0.2, 0) is 0 Å². The quantitative estimate of drug-likeness (QED) is 0.821. The molecule has 0 aliphatic carbocycles. The van der Waals surface area contributed by atoms with E-state index >= 15 is 0 Å². The lowest BCUT2D eigenvalue weighted by atomic mass is 9.88. The monoisotopic (exact) mass is 250 g/mol. The first-order chi connectivity index (χ1) is 8.29. The molecular formula is C14H19FN2O. The Morgan fingerprint density at radius 3 is 2.28 bits per heavy atom. The Hall–Kier alpha value is -1.84. The molecule has 0 fully saturated rings. The van der Waals surface area contributed by atoms with Crippen LogP contribution in [0.25, 0.3) is 0 Å². The van der Waals surface area contributed by atoms with Crippen molar-refractivity contribution in [1.82, 2.24) is 5.32 Å². The maximum atomic E-state index is 12.7. The standard InChI is InChI=1S/C14H19FN2O/c1-10(14(2,3)4)9-16-13(18)17-12-7-5-11(15)6-8-12/h5-9H,1-4H3,(H2,16,17,18)/b10-9+. The summed E-state index contributed by atoms with van der Waals surface area (Å²) in [5.41, 5.74) is 1.64. The summed E-state index contributed by atoms with van der Waals surface area (Å²) in [5.74, 6) is -0.329. The Morgan fingerprint density at radius 1 is 1.22 bits per heavy atom. The summed E-state index contributed by atoms with van der Waals surface area (Å²) in [4.78, 5) is 11.6. The smallest absolute Gasteiger partial charge is 0.314 e. The van der Waals surface area contributed by atoms with Crippen LogP contribution in [-0.4, -0.2) is 6.03 Å². The molecule has 0 radical (unpaired) electrons. The van der Waals surface area contributed by atoms with E-state index in [1.165, 1.54) is 24.3 Å². The maximum Gasteiger partial charge on any atom is 0.323 e. The van der Waals surface area contributed by atoms with Crippen LogP contribution in [0.4, 0.5) is 14.9 Å².